The summed E-state index contributed by atoms with van der Waals surface area (Å²) in [5.74, 6) is -0.0795. The number of carbonyl (C=O) groups excluding carboxylic acids is 1. The van der Waals surface area contributed by atoms with E-state index in [2.05, 4.69) is 0 Å². The smallest absolute Gasteiger partial charge is 0.277 e. The summed E-state index contributed by atoms with van der Waals surface area (Å²) in [6.07, 6.45) is 0. The molecular formula is C10H13NO3. The SMILES string of the molecule is CON(C)C(=O)c1ccc(O)cc1C. The van der Waals surface area contributed by atoms with Gasteiger partial charge in [-0.25, -0.2) is 5.06 Å². The Hall–Kier alpha value is -1.55. The first kappa shape index (κ1) is 10.5. The molecule has 0 saturated carbocycles. The summed E-state index contributed by atoms with van der Waals surface area (Å²) in [6.45, 7) is 1.76. The summed E-state index contributed by atoms with van der Waals surface area (Å²) >= 11 is 0. The Balaban J connectivity index is 3.02. The van der Waals surface area contributed by atoms with Crippen molar-refractivity contribution in [2.24, 2.45) is 0 Å². The standard InChI is InChI=1S/C10H13NO3/c1-7-6-8(12)4-5-9(7)10(13)11(2)14-3/h4-6,12H,1-3H3. The molecule has 0 fully saturated rings. The number of rotatable bonds is 2. The molecule has 0 spiro atoms. The second-order valence-electron chi connectivity index (χ2n) is 2.98. The lowest BCUT2D eigenvalue weighted by molar-refractivity contribution is -0.0757. The zero-order chi connectivity index (χ0) is 10.7. The van der Waals surface area contributed by atoms with E-state index >= 15 is 0 Å². The van der Waals surface area contributed by atoms with Crippen LogP contribution in [0.15, 0.2) is 18.2 Å². The molecule has 0 aliphatic heterocycles. The van der Waals surface area contributed by atoms with Gasteiger partial charge in [-0.3, -0.25) is 9.63 Å². The largest absolute Gasteiger partial charge is 0.508 e. The topological polar surface area (TPSA) is 49.8 Å². The highest BCUT2D eigenvalue weighted by molar-refractivity contribution is 5.94. The van der Waals surface area contributed by atoms with E-state index in [1.165, 1.54) is 26.3 Å². The Morgan fingerprint density at radius 2 is 2.14 bits per heavy atom. The van der Waals surface area contributed by atoms with Crippen molar-refractivity contribution < 1.29 is 14.7 Å². The molecule has 0 radical (unpaired) electrons. The van der Waals surface area contributed by atoms with Crippen molar-refractivity contribution in [2.75, 3.05) is 14.2 Å². The van der Waals surface area contributed by atoms with Crippen molar-refractivity contribution in [1.82, 2.24) is 5.06 Å². The van der Waals surface area contributed by atoms with E-state index in [0.717, 1.165) is 10.6 Å². The van der Waals surface area contributed by atoms with E-state index in [1.807, 2.05) is 0 Å². The fourth-order valence-electron chi connectivity index (χ4n) is 1.14. The lowest BCUT2D eigenvalue weighted by atomic mass is 10.1. The minimum Gasteiger partial charge on any atom is -0.508 e. The molecule has 0 saturated heterocycles. The van der Waals surface area contributed by atoms with Crippen LogP contribution in [-0.2, 0) is 4.84 Å². The van der Waals surface area contributed by atoms with Gasteiger partial charge in [0.2, 0.25) is 0 Å². The highest BCUT2D eigenvalue weighted by atomic mass is 16.7. The molecule has 0 atom stereocenters. The lowest BCUT2D eigenvalue weighted by Crippen LogP contribution is -2.25. The molecule has 1 N–H and O–H groups in total. The van der Waals surface area contributed by atoms with Gasteiger partial charge in [-0.05, 0) is 30.7 Å². The fraction of sp³-hybridized carbons (Fsp3) is 0.300. The second kappa shape index (κ2) is 4.11. The number of aryl methyl sites for hydroxylation is 1. The average Bonchev–Trinajstić information content (AvgIpc) is 2.15. The van der Waals surface area contributed by atoms with Gasteiger partial charge in [0.1, 0.15) is 5.75 Å². The first-order valence-corrected chi connectivity index (χ1v) is 4.18. The molecule has 1 amide bonds. The number of hydroxylamine groups is 2. The first-order chi connectivity index (χ1) is 6.56. The van der Waals surface area contributed by atoms with Crippen LogP contribution in [0.4, 0.5) is 0 Å². The number of carbonyl (C=O) groups is 1. The zero-order valence-corrected chi connectivity index (χ0v) is 8.44. The quantitative estimate of drug-likeness (QED) is 0.724. The summed E-state index contributed by atoms with van der Waals surface area (Å²) in [6, 6.07) is 4.59. The normalized spacial score (nSPS) is 9.93. The van der Waals surface area contributed by atoms with Gasteiger partial charge in [0, 0.05) is 12.6 Å². The monoisotopic (exact) mass is 195 g/mol. The molecule has 14 heavy (non-hydrogen) atoms. The van der Waals surface area contributed by atoms with E-state index in [4.69, 9.17) is 9.94 Å². The lowest BCUT2D eigenvalue weighted by Gasteiger charge is -2.14. The van der Waals surface area contributed by atoms with Crippen LogP contribution in [0.25, 0.3) is 0 Å². The highest BCUT2D eigenvalue weighted by Gasteiger charge is 2.13. The van der Waals surface area contributed by atoms with Crippen molar-refractivity contribution in [3.05, 3.63) is 29.3 Å². The molecule has 1 aromatic carbocycles. The maximum Gasteiger partial charge on any atom is 0.277 e. The van der Waals surface area contributed by atoms with Gasteiger partial charge in [0.15, 0.2) is 0 Å². The van der Waals surface area contributed by atoms with Gasteiger partial charge in [0.05, 0.1) is 7.11 Å². The fourth-order valence-corrected chi connectivity index (χ4v) is 1.14. The van der Waals surface area contributed by atoms with Gasteiger partial charge in [-0.15, -0.1) is 0 Å². The molecule has 76 valence electrons. The van der Waals surface area contributed by atoms with Crippen molar-refractivity contribution in [2.45, 2.75) is 6.92 Å². The molecule has 1 rings (SSSR count). The molecule has 4 heteroatoms. The van der Waals surface area contributed by atoms with Gasteiger partial charge in [0.25, 0.3) is 5.91 Å². The van der Waals surface area contributed by atoms with E-state index in [1.54, 1.807) is 13.0 Å². The van der Waals surface area contributed by atoms with E-state index in [0.29, 0.717) is 5.56 Å². The van der Waals surface area contributed by atoms with Crippen LogP contribution in [0.2, 0.25) is 0 Å². The number of benzene rings is 1. The van der Waals surface area contributed by atoms with Crippen LogP contribution < -0.4 is 0 Å². The number of nitrogens with zero attached hydrogens (tertiary/aromatic N) is 1. The van der Waals surface area contributed by atoms with Crippen molar-refractivity contribution in [1.29, 1.82) is 0 Å². The van der Waals surface area contributed by atoms with Gasteiger partial charge >= 0.3 is 0 Å². The van der Waals surface area contributed by atoms with Crippen LogP contribution in [0.5, 0.6) is 5.75 Å². The van der Waals surface area contributed by atoms with Crippen LogP contribution in [-0.4, -0.2) is 30.2 Å². The number of amides is 1. The van der Waals surface area contributed by atoms with Gasteiger partial charge in [-0.1, -0.05) is 0 Å². The molecule has 0 aliphatic carbocycles. The number of phenolic OH excluding ortho intramolecular Hbond substituents is 1. The van der Waals surface area contributed by atoms with Crippen LogP contribution in [0.1, 0.15) is 15.9 Å². The average molecular weight is 195 g/mol. The predicted molar refractivity (Wildman–Crippen MR) is 51.9 cm³/mol. The first-order valence-electron chi connectivity index (χ1n) is 4.18. The number of hydrogen-bond donors (Lipinski definition) is 1. The third kappa shape index (κ3) is 2.03. The van der Waals surface area contributed by atoms with Gasteiger partial charge < -0.3 is 5.11 Å². The summed E-state index contributed by atoms with van der Waals surface area (Å²) in [7, 11) is 2.96. The highest BCUT2D eigenvalue weighted by Crippen LogP contribution is 2.16. The Bertz CT molecular complexity index is 349. The molecule has 0 heterocycles. The third-order valence-electron chi connectivity index (χ3n) is 2.00. The van der Waals surface area contributed by atoms with Crippen molar-refractivity contribution in [3.63, 3.8) is 0 Å². The molecule has 0 aromatic heterocycles. The Labute approximate surface area is 82.7 Å². The molecule has 0 unspecified atom stereocenters. The maximum absolute atomic E-state index is 11.6. The summed E-state index contributed by atoms with van der Waals surface area (Å²) < 4.78 is 0. The maximum atomic E-state index is 11.6. The summed E-state index contributed by atoms with van der Waals surface area (Å²) in [5.41, 5.74) is 1.24. The van der Waals surface area contributed by atoms with Gasteiger partial charge in [-0.2, -0.15) is 0 Å². The van der Waals surface area contributed by atoms with E-state index < -0.39 is 0 Å². The summed E-state index contributed by atoms with van der Waals surface area (Å²) in [4.78, 5) is 16.4. The Kier molecular flexibility index (Phi) is 3.09. The molecular weight excluding hydrogens is 182 g/mol. The third-order valence-corrected chi connectivity index (χ3v) is 2.00. The molecule has 4 nitrogen and oxygen atoms in total. The molecule has 0 bridgehead atoms. The minimum absolute atomic E-state index is 0.152. The second-order valence-corrected chi connectivity index (χ2v) is 2.98. The minimum atomic E-state index is -0.231. The Morgan fingerprint density at radius 1 is 1.50 bits per heavy atom. The van der Waals surface area contributed by atoms with E-state index in [-0.39, 0.29) is 11.7 Å². The number of aromatic hydroxyl groups is 1. The van der Waals surface area contributed by atoms with E-state index in [9.17, 15) is 4.79 Å². The molecule has 0 aliphatic rings. The molecule has 1 aromatic rings. The van der Waals surface area contributed by atoms with Crippen molar-refractivity contribution >= 4 is 5.91 Å². The number of hydrogen-bond acceptors (Lipinski definition) is 3. The van der Waals surface area contributed by atoms with Crippen LogP contribution in [0.3, 0.4) is 0 Å². The van der Waals surface area contributed by atoms with Crippen LogP contribution >= 0.6 is 0 Å². The Morgan fingerprint density at radius 3 is 2.64 bits per heavy atom. The number of phenols is 1. The van der Waals surface area contributed by atoms with Crippen molar-refractivity contribution in [3.8, 4) is 5.75 Å². The zero-order valence-electron chi connectivity index (χ0n) is 8.44. The summed E-state index contributed by atoms with van der Waals surface area (Å²) in [5, 5.41) is 10.3. The van der Waals surface area contributed by atoms with Crippen LogP contribution in [0, 0.1) is 6.92 Å². The predicted octanol–water partition coefficient (Wildman–Crippen LogP) is 1.33.